The van der Waals surface area contributed by atoms with E-state index in [9.17, 15) is 4.79 Å². The molecule has 0 aromatic rings. The summed E-state index contributed by atoms with van der Waals surface area (Å²) < 4.78 is 0. The van der Waals surface area contributed by atoms with E-state index >= 15 is 0 Å². The zero-order valence-corrected chi connectivity index (χ0v) is 7.73. The van der Waals surface area contributed by atoms with E-state index in [1.54, 1.807) is 0 Å². The van der Waals surface area contributed by atoms with Gasteiger partial charge in [0.05, 0.1) is 5.37 Å². The summed E-state index contributed by atoms with van der Waals surface area (Å²) in [6.07, 6.45) is 1.13. The maximum absolute atomic E-state index is 10.8. The van der Waals surface area contributed by atoms with E-state index < -0.39 is 5.97 Å². The Balaban J connectivity index is 2.29. The Morgan fingerprint density at radius 2 is 2.50 bits per heavy atom. The molecule has 0 saturated carbocycles. The van der Waals surface area contributed by atoms with Crippen LogP contribution in [0.15, 0.2) is 11.3 Å². The van der Waals surface area contributed by atoms with Gasteiger partial charge in [-0.1, -0.05) is 0 Å². The summed E-state index contributed by atoms with van der Waals surface area (Å²) in [5, 5.41) is 9.37. The Bertz CT molecular complexity index is 262. The van der Waals surface area contributed by atoms with Crippen molar-refractivity contribution in [3.63, 3.8) is 0 Å². The number of hydrogen-bond donors (Lipinski definition) is 1. The largest absolute Gasteiger partial charge is 0.477 e. The van der Waals surface area contributed by atoms with Gasteiger partial charge in [0.1, 0.15) is 5.70 Å². The lowest BCUT2D eigenvalue weighted by molar-refractivity contribution is -0.135. The Hall–Kier alpha value is -0.640. The highest BCUT2D eigenvalue weighted by molar-refractivity contribution is 8.00. The molecule has 0 aromatic heterocycles. The topological polar surface area (TPSA) is 40.5 Å². The number of carboxylic acids is 1. The molecule has 12 heavy (non-hydrogen) atoms. The molecule has 0 aliphatic carbocycles. The van der Waals surface area contributed by atoms with Crippen LogP contribution in [0.25, 0.3) is 0 Å². The van der Waals surface area contributed by atoms with Crippen molar-refractivity contribution in [1.29, 1.82) is 0 Å². The Morgan fingerprint density at radius 1 is 1.75 bits per heavy atom. The van der Waals surface area contributed by atoms with Gasteiger partial charge in [-0.3, -0.25) is 0 Å². The summed E-state index contributed by atoms with van der Waals surface area (Å²) in [5.41, 5.74) is 1.55. The van der Waals surface area contributed by atoms with Crippen LogP contribution in [0.2, 0.25) is 0 Å². The van der Waals surface area contributed by atoms with Crippen LogP contribution in [0.4, 0.5) is 0 Å². The number of fused-ring (bicyclic) bond motifs is 1. The molecule has 2 aliphatic rings. The second-order valence-electron chi connectivity index (χ2n) is 3.18. The number of carboxylic acid groups (broad SMARTS) is 1. The fraction of sp³-hybridized carbons (Fsp3) is 0.625. The van der Waals surface area contributed by atoms with Gasteiger partial charge in [-0.15, -0.1) is 11.8 Å². The van der Waals surface area contributed by atoms with Gasteiger partial charge in [0, 0.05) is 12.3 Å². The molecule has 0 bridgehead atoms. The Labute approximate surface area is 75.4 Å². The van der Waals surface area contributed by atoms with Gasteiger partial charge in [-0.2, -0.15) is 0 Å². The molecule has 2 rings (SSSR count). The van der Waals surface area contributed by atoms with Crippen LogP contribution in [0.5, 0.6) is 0 Å². The monoisotopic (exact) mass is 185 g/mol. The molecule has 66 valence electrons. The zero-order valence-electron chi connectivity index (χ0n) is 6.91. The molecular weight excluding hydrogens is 174 g/mol. The number of nitrogens with zero attached hydrogens (tertiary/aromatic N) is 1. The highest BCUT2D eigenvalue weighted by atomic mass is 32.2. The van der Waals surface area contributed by atoms with E-state index in [4.69, 9.17) is 5.11 Å². The van der Waals surface area contributed by atoms with E-state index in [2.05, 4.69) is 0 Å². The van der Waals surface area contributed by atoms with Crippen molar-refractivity contribution in [3.8, 4) is 0 Å². The molecule has 0 spiro atoms. The molecule has 3 nitrogen and oxygen atoms in total. The maximum atomic E-state index is 10.8. The molecule has 2 aliphatic heterocycles. The van der Waals surface area contributed by atoms with Crippen LogP contribution in [-0.2, 0) is 4.79 Å². The van der Waals surface area contributed by atoms with Gasteiger partial charge >= 0.3 is 5.97 Å². The fourth-order valence-electron chi connectivity index (χ4n) is 1.63. The highest BCUT2D eigenvalue weighted by Gasteiger charge is 2.37. The molecule has 1 saturated heterocycles. The molecule has 2 heterocycles. The third kappa shape index (κ3) is 1.02. The van der Waals surface area contributed by atoms with Crippen LogP contribution >= 0.6 is 11.8 Å². The van der Waals surface area contributed by atoms with Crippen molar-refractivity contribution < 1.29 is 9.90 Å². The number of rotatable bonds is 1. The molecule has 1 atom stereocenters. The first-order chi connectivity index (χ1) is 5.70. The van der Waals surface area contributed by atoms with E-state index in [0.717, 1.165) is 24.3 Å². The second kappa shape index (κ2) is 2.69. The summed E-state index contributed by atoms with van der Waals surface area (Å²) in [4.78, 5) is 12.8. The Kier molecular flexibility index (Phi) is 1.79. The van der Waals surface area contributed by atoms with Gasteiger partial charge in [-0.05, 0) is 18.9 Å². The van der Waals surface area contributed by atoms with Crippen LogP contribution in [0.1, 0.15) is 13.3 Å². The molecule has 0 aromatic carbocycles. The average molecular weight is 185 g/mol. The van der Waals surface area contributed by atoms with Crippen LogP contribution in [-0.4, -0.2) is 33.6 Å². The minimum Gasteiger partial charge on any atom is -0.477 e. The highest BCUT2D eigenvalue weighted by Crippen LogP contribution is 2.38. The quantitative estimate of drug-likeness (QED) is 0.664. The lowest BCUT2D eigenvalue weighted by Crippen LogP contribution is -2.49. The summed E-state index contributed by atoms with van der Waals surface area (Å²) in [6, 6.07) is 0. The number of thioether (sulfide) groups is 1. The van der Waals surface area contributed by atoms with Gasteiger partial charge in [-0.25, -0.2) is 4.79 Å². The van der Waals surface area contributed by atoms with E-state index in [1.165, 1.54) is 0 Å². The Morgan fingerprint density at radius 3 is 2.92 bits per heavy atom. The zero-order chi connectivity index (χ0) is 8.72. The lowest BCUT2D eigenvalue weighted by Gasteiger charge is -2.45. The van der Waals surface area contributed by atoms with Gasteiger partial charge < -0.3 is 10.0 Å². The number of carbonyl (C=O) groups is 1. The summed E-state index contributed by atoms with van der Waals surface area (Å²) in [6.45, 7) is 2.82. The SMILES string of the molecule is CC1=C(C(=O)O)N2CCC2SC1. The van der Waals surface area contributed by atoms with Crippen molar-refractivity contribution in [1.82, 2.24) is 4.90 Å². The lowest BCUT2D eigenvalue weighted by atomic mass is 10.1. The molecule has 0 amide bonds. The molecule has 0 radical (unpaired) electrons. The number of hydrogen-bond acceptors (Lipinski definition) is 3. The van der Waals surface area contributed by atoms with E-state index in [0.29, 0.717) is 11.1 Å². The predicted molar refractivity (Wildman–Crippen MR) is 47.9 cm³/mol. The third-order valence-electron chi connectivity index (χ3n) is 2.35. The minimum atomic E-state index is -0.766. The maximum Gasteiger partial charge on any atom is 0.352 e. The van der Waals surface area contributed by atoms with Gasteiger partial charge in [0.25, 0.3) is 0 Å². The summed E-state index contributed by atoms with van der Waals surface area (Å²) >= 11 is 1.85. The standard InChI is InChI=1S/C8H11NO2S/c1-5-4-12-6-2-3-9(6)7(5)8(10)11/h6H,2-4H2,1H3,(H,10,11). The van der Waals surface area contributed by atoms with Crippen molar-refractivity contribution in [3.05, 3.63) is 11.3 Å². The van der Waals surface area contributed by atoms with Crippen molar-refractivity contribution in [2.45, 2.75) is 18.7 Å². The second-order valence-corrected chi connectivity index (χ2v) is 4.35. The third-order valence-corrected chi connectivity index (χ3v) is 3.83. The van der Waals surface area contributed by atoms with Crippen molar-refractivity contribution in [2.75, 3.05) is 12.3 Å². The molecule has 4 heteroatoms. The van der Waals surface area contributed by atoms with Crippen LogP contribution in [0, 0.1) is 0 Å². The average Bonchev–Trinajstić information content (AvgIpc) is 1.94. The smallest absolute Gasteiger partial charge is 0.352 e. The summed E-state index contributed by atoms with van der Waals surface area (Å²) in [7, 11) is 0. The first kappa shape index (κ1) is 7.98. The first-order valence-corrected chi connectivity index (χ1v) is 5.06. The first-order valence-electron chi connectivity index (χ1n) is 4.01. The van der Waals surface area contributed by atoms with E-state index in [1.807, 2.05) is 23.6 Å². The minimum absolute atomic E-state index is 0.444. The van der Waals surface area contributed by atoms with Crippen molar-refractivity contribution in [2.24, 2.45) is 0 Å². The molecule has 1 fully saturated rings. The van der Waals surface area contributed by atoms with Gasteiger partial charge in [0.2, 0.25) is 0 Å². The predicted octanol–water partition coefficient (Wildman–Crippen LogP) is 1.12. The fourth-order valence-corrected chi connectivity index (χ4v) is 2.87. The number of aliphatic carboxylic acids is 1. The molecule has 1 N–H and O–H groups in total. The van der Waals surface area contributed by atoms with Crippen LogP contribution in [0.3, 0.4) is 0 Å². The van der Waals surface area contributed by atoms with E-state index in [-0.39, 0.29) is 0 Å². The normalized spacial score (nSPS) is 28.1. The van der Waals surface area contributed by atoms with Gasteiger partial charge in [0.15, 0.2) is 0 Å². The van der Waals surface area contributed by atoms with Crippen LogP contribution < -0.4 is 0 Å². The van der Waals surface area contributed by atoms with Crippen molar-refractivity contribution >= 4 is 17.7 Å². The summed E-state index contributed by atoms with van der Waals surface area (Å²) in [5.74, 6) is 0.112. The molecular formula is C8H11NO2S. The molecule has 1 unspecified atom stereocenters.